The number of fused-ring (bicyclic) bond motifs is 1. The number of furan rings is 1. The minimum absolute atomic E-state index is 0.0446. The predicted octanol–water partition coefficient (Wildman–Crippen LogP) is 2.14. The molecule has 5 heterocycles. The number of nitrogens with zero attached hydrogens (tertiary/aromatic N) is 6. The number of benzene rings is 1. The van der Waals surface area contributed by atoms with Crippen LogP contribution < -0.4 is 5.56 Å². The van der Waals surface area contributed by atoms with Crippen LogP contribution in [-0.2, 0) is 11.3 Å². The van der Waals surface area contributed by atoms with E-state index < -0.39 is 6.04 Å². The van der Waals surface area contributed by atoms with E-state index in [1.165, 1.54) is 6.26 Å². The van der Waals surface area contributed by atoms with Gasteiger partial charge in [-0.15, -0.1) is 5.10 Å². The number of pyridine rings is 1. The summed E-state index contributed by atoms with van der Waals surface area (Å²) in [6.07, 6.45) is 3.51. The number of H-pyrrole nitrogens is 1. The van der Waals surface area contributed by atoms with Crippen LogP contribution in [0.4, 0.5) is 0 Å². The number of carbonyl (C=O) groups excluding carboxylic acids is 1. The Morgan fingerprint density at radius 1 is 1.19 bits per heavy atom. The number of tetrazole rings is 1. The number of carbonyl (C=O) groups is 1. The van der Waals surface area contributed by atoms with Gasteiger partial charge in [-0.2, -0.15) is 0 Å². The number of para-hydroxylation sites is 1. The molecule has 11 heteroatoms. The van der Waals surface area contributed by atoms with Crippen molar-refractivity contribution in [1.29, 1.82) is 0 Å². The first-order valence-electron chi connectivity index (χ1n) is 12.7. The maximum atomic E-state index is 13.5. The molecule has 0 spiro atoms. The lowest BCUT2D eigenvalue weighted by molar-refractivity contribution is 0.0550. The Bertz CT molecular complexity index is 1450. The summed E-state index contributed by atoms with van der Waals surface area (Å²) in [6, 6.07) is 10.8. The van der Waals surface area contributed by atoms with Crippen LogP contribution in [0.5, 0.6) is 0 Å². The number of aromatic amines is 1. The molecule has 1 N–H and O–H groups in total. The van der Waals surface area contributed by atoms with Crippen molar-refractivity contribution in [3.8, 4) is 0 Å². The number of aromatic nitrogens is 5. The predicted molar refractivity (Wildman–Crippen MR) is 134 cm³/mol. The SMILES string of the molecule is Cc1cccc2cc([C@@H](c3nnnn3C[C@H]3CCCO3)N3CCN(C(=O)c4ccco4)CC3)c(=O)[nH]c12. The van der Waals surface area contributed by atoms with Crippen molar-refractivity contribution in [1.82, 2.24) is 35.0 Å². The fourth-order valence-electron chi connectivity index (χ4n) is 5.36. The molecular formula is C26H29N7O4. The van der Waals surface area contributed by atoms with E-state index >= 15 is 0 Å². The fraction of sp³-hybridized carbons (Fsp3) is 0.423. The summed E-state index contributed by atoms with van der Waals surface area (Å²) in [4.78, 5) is 33.3. The van der Waals surface area contributed by atoms with Crippen LogP contribution in [0.2, 0.25) is 0 Å². The minimum atomic E-state index is -0.481. The van der Waals surface area contributed by atoms with Crippen LogP contribution in [-0.4, -0.2) is 79.8 Å². The van der Waals surface area contributed by atoms with E-state index in [0.717, 1.165) is 35.9 Å². The summed E-state index contributed by atoms with van der Waals surface area (Å²) < 4.78 is 12.9. The molecule has 2 atom stereocenters. The van der Waals surface area contributed by atoms with E-state index in [-0.39, 0.29) is 17.6 Å². The van der Waals surface area contributed by atoms with Gasteiger partial charge in [-0.1, -0.05) is 18.2 Å². The quantitative estimate of drug-likeness (QED) is 0.425. The molecule has 0 aliphatic carbocycles. The summed E-state index contributed by atoms with van der Waals surface area (Å²) >= 11 is 0. The molecule has 6 rings (SSSR count). The number of piperazine rings is 1. The standard InChI is InChI=1S/C26H29N7O4/c1-17-5-2-6-18-15-20(25(34)27-22(17)18)23(24-28-29-30-33(24)16-19-7-3-13-36-19)31-9-11-32(12-10-31)26(35)21-8-4-14-37-21/h2,4-6,8,14-15,19,23H,3,7,9-13,16H2,1H3,(H,27,34)/t19-,23+/m1/s1. The summed E-state index contributed by atoms with van der Waals surface area (Å²) in [5.41, 5.74) is 2.23. The second kappa shape index (κ2) is 9.91. The summed E-state index contributed by atoms with van der Waals surface area (Å²) in [5, 5.41) is 13.6. The summed E-state index contributed by atoms with van der Waals surface area (Å²) in [6.45, 7) is 5.33. The van der Waals surface area contributed by atoms with Crippen LogP contribution in [0.1, 0.15) is 46.4 Å². The Labute approximate surface area is 213 Å². The molecule has 192 valence electrons. The zero-order valence-corrected chi connectivity index (χ0v) is 20.7. The van der Waals surface area contributed by atoms with Gasteiger partial charge in [-0.3, -0.25) is 14.5 Å². The first kappa shape index (κ1) is 23.6. The molecular weight excluding hydrogens is 474 g/mol. The van der Waals surface area contributed by atoms with Gasteiger partial charge >= 0.3 is 0 Å². The topological polar surface area (TPSA) is 122 Å². The largest absolute Gasteiger partial charge is 0.459 e. The van der Waals surface area contributed by atoms with Crippen LogP contribution in [0, 0.1) is 6.92 Å². The smallest absolute Gasteiger partial charge is 0.289 e. The van der Waals surface area contributed by atoms with Crippen LogP contribution in [0.15, 0.2) is 51.9 Å². The maximum Gasteiger partial charge on any atom is 0.289 e. The lowest BCUT2D eigenvalue weighted by Crippen LogP contribution is -2.50. The van der Waals surface area contributed by atoms with E-state index in [9.17, 15) is 9.59 Å². The molecule has 3 aromatic heterocycles. The normalized spacial score (nSPS) is 19.5. The Balaban J connectivity index is 1.35. The Morgan fingerprint density at radius 3 is 2.81 bits per heavy atom. The Hall–Kier alpha value is -3.83. The number of rotatable bonds is 6. The molecule has 0 radical (unpaired) electrons. The van der Waals surface area contributed by atoms with Gasteiger partial charge in [0.25, 0.3) is 11.5 Å². The lowest BCUT2D eigenvalue weighted by Gasteiger charge is -2.38. The number of aryl methyl sites for hydroxylation is 1. The lowest BCUT2D eigenvalue weighted by atomic mass is 10.0. The third kappa shape index (κ3) is 4.56. The first-order valence-corrected chi connectivity index (χ1v) is 12.7. The number of hydrogen-bond acceptors (Lipinski definition) is 8. The number of amides is 1. The molecule has 2 aliphatic rings. The second-order valence-corrected chi connectivity index (χ2v) is 9.66. The van der Waals surface area contributed by atoms with Gasteiger partial charge in [0.15, 0.2) is 11.6 Å². The van der Waals surface area contributed by atoms with Crippen molar-refractivity contribution >= 4 is 16.8 Å². The van der Waals surface area contributed by atoms with Crippen LogP contribution >= 0.6 is 0 Å². The molecule has 2 saturated heterocycles. The number of ether oxygens (including phenoxy) is 1. The highest BCUT2D eigenvalue weighted by Crippen LogP contribution is 2.29. The average molecular weight is 504 g/mol. The van der Waals surface area contributed by atoms with Gasteiger partial charge in [0, 0.05) is 38.3 Å². The van der Waals surface area contributed by atoms with Gasteiger partial charge in [-0.25, -0.2) is 4.68 Å². The van der Waals surface area contributed by atoms with Crippen molar-refractivity contribution in [3.05, 3.63) is 75.7 Å². The molecule has 2 aliphatic heterocycles. The number of hydrogen-bond donors (Lipinski definition) is 1. The van der Waals surface area contributed by atoms with Gasteiger partial charge in [0.1, 0.15) is 6.04 Å². The van der Waals surface area contributed by atoms with Crippen LogP contribution in [0.25, 0.3) is 10.9 Å². The molecule has 4 aromatic rings. The molecule has 11 nitrogen and oxygen atoms in total. The van der Waals surface area contributed by atoms with E-state index in [0.29, 0.717) is 49.9 Å². The van der Waals surface area contributed by atoms with Crippen molar-refractivity contribution < 1.29 is 13.9 Å². The van der Waals surface area contributed by atoms with Gasteiger partial charge in [0.2, 0.25) is 0 Å². The Morgan fingerprint density at radius 2 is 2.05 bits per heavy atom. The maximum absolute atomic E-state index is 13.5. The molecule has 37 heavy (non-hydrogen) atoms. The van der Waals surface area contributed by atoms with Crippen molar-refractivity contribution in [2.45, 2.75) is 38.5 Å². The molecule has 1 amide bonds. The van der Waals surface area contributed by atoms with E-state index in [1.807, 2.05) is 31.2 Å². The summed E-state index contributed by atoms with van der Waals surface area (Å²) in [7, 11) is 0. The van der Waals surface area contributed by atoms with Gasteiger partial charge in [0.05, 0.1) is 24.4 Å². The second-order valence-electron chi connectivity index (χ2n) is 9.66. The first-order chi connectivity index (χ1) is 18.1. The average Bonchev–Trinajstić information content (AvgIpc) is 3.70. The Kier molecular flexibility index (Phi) is 6.31. The zero-order valence-electron chi connectivity index (χ0n) is 20.7. The van der Waals surface area contributed by atoms with Crippen molar-refractivity contribution in [2.24, 2.45) is 0 Å². The molecule has 1 aromatic carbocycles. The van der Waals surface area contributed by atoms with Crippen molar-refractivity contribution in [3.63, 3.8) is 0 Å². The van der Waals surface area contributed by atoms with E-state index in [4.69, 9.17) is 9.15 Å². The molecule has 0 bridgehead atoms. The number of nitrogens with one attached hydrogen (secondary N) is 1. The molecule has 0 saturated carbocycles. The monoisotopic (exact) mass is 503 g/mol. The highest BCUT2D eigenvalue weighted by molar-refractivity contribution is 5.91. The van der Waals surface area contributed by atoms with Gasteiger partial charge < -0.3 is 19.0 Å². The molecule has 0 unspecified atom stereocenters. The third-order valence-electron chi connectivity index (χ3n) is 7.31. The highest BCUT2D eigenvalue weighted by Gasteiger charge is 2.34. The third-order valence-corrected chi connectivity index (χ3v) is 7.31. The van der Waals surface area contributed by atoms with Gasteiger partial charge in [-0.05, 0) is 59.3 Å². The highest BCUT2D eigenvalue weighted by atomic mass is 16.5. The van der Waals surface area contributed by atoms with E-state index in [1.54, 1.807) is 21.7 Å². The summed E-state index contributed by atoms with van der Waals surface area (Å²) in [5.74, 6) is 0.786. The fourth-order valence-corrected chi connectivity index (χ4v) is 5.36. The van der Waals surface area contributed by atoms with Crippen molar-refractivity contribution in [2.75, 3.05) is 32.8 Å². The minimum Gasteiger partial charge on any atom is -0.459 e. The van der Waals surface area contributed by atoms with E-state index in [2.05, 4.69) is 25.4 Å². The molecule has 2 fully saturated rings. The van der Waals surface area contributed by atoms with Crippen LogP contribution in [0.3, 0.4) is 0 Å². The zero-order chi connectivity index (χ0) is 25.4.